The second-order valence-electron chi connectivity index (χ2n) is 5.70. The van der Waals surface area contributed by atoms with Crippen LogP contribution in [0, 0.1) is 0 Å². The van der Waals surface area contributed by atoms with Crippen molar-refractivity contribution in [1.29, 1.82) is 0 Å². The number of phenols is 1. The Bertz CT molecular complexity index is 1110. The smallest absolute Gasteiger partial charge is 0.345 e. The van der Waals surface area contributed by atoms with Crippen LogP contribution in [0.15, 0.2) is 52.0 Å². The minimum Gasteiger partial charge on any atom is -0.506 e. The SMILES string of the molecule is O=C(O)c1c(Nc2ccccc2O)oc(C=C2C=Nc3ncccc32)c1O. The van der Waals surface area contributed by atoms with E-state index in [1.807, 2.05) is 0 Å². The highest BCUT2D eigenvalue weighted by Crippen LogP contribution is 2.39. The summed E-state index contributed by atoms with van der Waals surface area (Å²) in [6.45, 7) is 0. The predicted molar refractivity (Wildman–Crippen MR) is 99.0 cm³/mol. The number of aromatic hydroxyl groups is 2. The van der Waals surface area contributed by atoms with Gasteiger partial charge in [0.15, 0.2) is 22.9 Å². The number of phenolic OH excluding ortho intramolecular Hbond substituents is 1. The standard InChI is InChI=1S/C19H13N3O5/c23-13-6-2-1-5-12(13)22-18-15(19(25)26)16(24)14(27-18)8-10-9-21-17-11(10)4-3-7-20-17/h1-9,22-24H,(H,25,26). The van der Waals surface area contributed by atoms with E-state index in [1.165, 1.54) is 12.1 Å². The molecule has 1 aromatic carbocycles. The number of hydrogen-bond donors (Lipinski definition) is 4. The number of pyridine rings is 1. The molecule has 134 valence electrons. The Morgan fingerprint density at radius 1 is 1.15 bits per heavy atom. The Morgan fingerprint density at radius 2 is 1.96 bits per heavy atom. The lowest BCUT2D eigenvalue weighted by Gasteiger charge is -2.05. The maximum Gasteiger partial charge on any atom is 0.345 e. The maximum atomic E-state index is 11.6. The fourth-order valence-electron chi connectivity index (χ4n) is 2.71. The monoisotopic (exact) mass is 363 g/mol. The number of aliphatic imine (C=N–C) groups is 1. The first-order chi connectivity index (χ1) is 13.0. The number of carbonyl (C=O) groups is 1. The molecule has 1 aliphatic heterocycles. The molecule has 0 bridgehead atoms. The van der Waals surface area contributed by atoms with Crippen molar-refractivity contribution in [2.75, 3.05) is 5.32 Å². The number of rotatable bonds is 4. The molecule has 1 aliphatic rings. The Balaban J connectivity index is 1.78. The molecule has 0 saturated carbocycles. The average Bonchev–Trinajstić information content (AvgIpc) is 3.19. The maximum absolute atomic E-state index is 11.6. The van der Waals surface area contributed by atoms with Crippen molar-refractivity contribution < 1.29 is 24.5 Å². The van der Waals surface area contributed by atoms with Gasteiger partial charge in [-0.25, -0.2) is 14.8 Å². The number of nitrogens with one attached hydrogen (secondary N) is 1. The molecule has 4 N–H and O–H groups in total. The van der Waals surface area contributed by atoms with Crippen LogP contribution in [0.1, 0.15) is 21.7 Å². The van der Waals surface area contributed by atoms with Gasteiger partial charge in [-0.3, -0.25) is 0 Å². The predicted octanol–water partition coefficient (Wildman–Crippen LogP) is 3.78. The van der Waals surface area contributed by atoms with E-state index in [9.17, 15) is 20.1 Å². The van der Waals surface area contributed by atoms with Crippen LogP contribution in [0.3, 0.4) is 0 Å². The number of nitrogens with zero attached hydrogens (tertiary/aromatic N) is 2. The lowest BCUT2D eigenvalue weighted by atomic mass is 10.1. The highest BCUT2D eigenvalue weighted by Gasteiger charge is 2.26. The third kappa shape index (κ3) is 2.89. The number of carboxylic acids is 1. The molecule has 0 unspecified atom stereocenters. The van der Waals surface area contributed by atoms with Crippen molar-refractivity contribution in [1.82, 2.24) is 4.98 Å². The minimum absolute atomic E-state index is 0.0523. The molecular weight excluding hydrogens is 350 g/mol. The molecule has 0 amide bonds. The third-order valence-electron chi connectivity index (χ3n) is 3.99. The van der Waals surface area contributed by atoms with Crippen molar-refractivity contribution in [3.8, 4) is 11.5 Å². The molecule has 8 nitrogen and oxygen atoms in total. The highest BCUT2D eigenvalue weighted by molar-refractivity contribution is 6.21. The van der Waals surface area contributed by atoms with Crippen molar-refractivity contribution in [3.05, 3.63) is 59.5 Å². The number of aromatic carboxylic acids is 1. The van der Waals surface area contributed by atoms with Crippen molar-refractivity contribution in [2.45, 2.75) is 0 Å². The summed E-state index contributed by atoms with van der Waals surface area (Å²) in [5, 5.41) is 32.4. The number of fused-ring (bicyclic) bond motifs is 1. The van der Waals surface area contributed by atoms with E-state index in [0.29, 0.717) is 11.4 Å². The number of furan rings is 1. The van der Waals surface area contributed by atoms with Crippen molar-refractivity contribution in [3.63, 3.8) is 0 Å². The van der Waals surface area contributed by atoms with Gasteiger partial charge < -0.3 is 25.1 Å². The number of aromatic nitrogens is 1. The molecule has 0 saturated heterocycles. The van der Waals surface area contributed by atoms with Crippen LogP contribution >= 0.6 is 0 Å². The third-order valence-corrected chi connectivity index (χ3v) is 3.99. The highest BCUT2D eigenvalue weighted by atomic mass is 16.4. The summed E-state index contributed by atoms with van der Waals surface area (Å²) in [5.41, 5.74) is 1.16. The number of allylic oxidation sites excluding steroid dienone is 1. The van der Waals surface area contributed by atoms with Gasteiger partial charge in [0.25, 0.3) is 0 Å². The molecule has 0 spiro atoms. The summed E-state index contributed by atoms with van der Waals surface area (Å²) in [6, 6.07) is 9.82. The lowest BCUT2D eigenvalue weighted by molar-refractivity contribution is 0.0695. The van der Waals surface area contributed by atoms with Gasteiger partial charge in [-0.2, -0.15) is 0 Å². The second kappa shape index (κ2) is 6.34. The molecule has 0 atom stereocenters. The molecule has 27 heavy (non-hydrogen) atoms. The zero-order chi connectivity index (χ0) is 19.0. The van der Waals surface area contributed by atoms with Gasteiger partial charge in [-0.05, 0) is 30.3 Å². The number of para-hydroxylation sites is 2. The summed E-state index contributed by atoms with van der Waals surface area (Å²) >= 11 is 0. The number of anilines is 2. The quantitative estimate of drug-likeness (QED) is 0.519. The molecule has 0 radical (unpaired) electrons. The Hall–Kier alpha value is -4.07. The zero-order valence-corrected chi connectivity index (χ0v) is 13.7. The molecular formula is C19H13N3O5. The van der Waals surface area contributed by atoms with Gasteiger partial charge in [0.2, 0.25) is 5.88 Å². The Labute approximate surface area is 152 Å². The van der Waals surface area contributed by atoms with Crippen LogP contribution < -0.4 is 5.32 Å². The summed E-state index contributed by atoms with van der Waals surface area (Å²) in [5.74, 6) is -1.72. The van der Waals surface area contributed by atoms with Crippen LogP contribution in [-0.2, 0) is 0 Å². The van der Waals surface area contributed by atoms with Gasteiger partial charge in [-0.1, -0.05) is 12.1 Å². The largest absolute Gasteiger partial charge is 0.506 e. The first-order valence-corrected chi connectivity index (χ1v) is 7.90. The van der Waals surface area contributed by atoms with E-state index in [1.54, 1.807) is 42.7 Å². The van der Waals surface area contributed by atoms with Crippen molar-refractivity contribution in [2.24, 2.45) is 4.99 Å². The molecule has 0 aliphatic carbocycles. The van der Waals surface area contributed by atoms with Crippen LogP contribution in [0.25, 0.3) is 11.6 Å². The molecule has 2 aromatic heterocycles. The first-order valence-electron chi connectivity index (χ1n) is 7.90. The van der Waals surface area contributed by atoms with Crippen LogP contribution in [0.4, 0.5) is 17.4 Å². The molecule has 3 heterocycles. The van der Waals surface area contributed by atoms with Gasteiger partial charge in [0.05, 0.1) is 5.69 Å². The van der Waals surface area contributed by atoms with E-state index in [4.69, 9.17) is 4.42 Å². The fourth-order valence-corrected chi connectivity index (χ4v) is 2.71. The average molecular weight is 363 g/mol. The van der Waals surface area contributed by atoms with Crippen LogP contribution in [-0.4, -0.2) is 32.5 Å². The van der Waals surface area contributed by atoms with E-state index in [2.05, 4.69) is 15.3 Å². The first kappa shape index (κ1) is 16.4. The van der Waals surface area contributed by atoms with Gasteiger partial charge in [-0.15, -0.1) is 0 Å². The van der Waals surface area contributed by atoms with Crippen LogP contribution in [0.5, 0.6) is 11.5 Å². The van der Waals surface area contributed by atoms with Gasteiger partial charge in [0, 0.05) is 23.5 Å². The summed E-state index contributed by atoms with van der Waals surface area (Å²) in [6.07, 6.45) is 4.64. The molecule has 3 aromatic rings. The summed E-state index contributed by atoms with van der Waals surface area (Å²) < 4.78 is 5.53. The molecule has 4 rings (SSSR count). The Kier molecular flexibility index (Phi) is 3.85. The Morgan fingerprint density at radius 3 is 2.74 bits per heavy atom. The van der Waals surface area contributed by atoms with Gasteiger partial charge >= 0.3 is 5.97 Å². The van der Waals surface area contributed by atoms with E-state index < -0.39 is 17.3 Å². The van der Waals surface area contributed by atoms with E-state index >= 15 is 0 Å². The molecule has 8 heteroatoms. The summed E-state index contributed by atoms with van der Waals surface area (Å²) in [4.78, 5) is 19.9. The summed E-state index contributed by atoms with van der Waals surface area (Å²) in [7, 11) is 0. The van der Waals surface area contributed by atoms with Crippen LogP contribution in [0.2, 0.25) is 0 Å². The number of hydrogen-bond acceptors (Lipinski definition) is 7. The fraction of sp³-hybridized carbons (Fsp3) is 0. The van der Waals surface area contributed by atoms with E-state index in [0.717, 1.165) is 5.56 Å². The zero-order valence-electron chi connectivity index (χ0n) is 13.7. The number of carboxylic acid groups (broad SMARTS) is 1. The lowest BCUT2D eigenvalue weighted by Crippen LogP contribution is -2.00. The topological polar surface area (TPSA) is 128 Å². The minimum atomic E-state index is -1.37. The van der Waals surface area contributed by atoms with Gasteiger partial charge in [0.1, 0.15) is 5.75 Å². The second-order valence-corrected chi connectivity index (χ2v) is 5.70. The normalized spacial score (nSPS) is 13.7. The number of benzene rings is 1. The van der Waals surface area contributed by atoms with E-state index in [-0.39, 0.29) is 23.1 Å². The molecule has 0 fully saturated rings. The van der Waals surface area contributed by atoms with Crippen molar-refractivity contribution >= 4 is 41.2 Å².